The Morgan fingerprint density at radius 3 is 2.80 bits per heavy atom. The molecule has 0 amide bonds. The largest absolute Gasteiger partial charge is 0.309 e. The fourth-order valence-electron chi connectivity index (χ4n) is 2.07. The summed E-state index contributed by atoms with van der Waals surface area (Å²) in [6, 6.07) is 0.513. The third-order valence-corrected chi connectivity index (χ3v) is 4.11. The Hall–Kier alpha value is -0.480. The fourth-order valence-corrected chi connectivity index (χ4v) is 2.88. The van der Waals surface area contributed by atoms with E-state index in [0.717, 1.165) is 18.2 Å². The van der Waals surface area contributed by atoms with Gasteiger partial charge in [0, 0.05) is 6.04 Å². The third-order valence-electron chi connectivity index (χ3n) is 3.20. The summed E-state index contributed by atoms with van der Waals surface area (Å²) in [7, 11) is 0. The van der Waals surface area contributed by atoms with Gasteiger partial charge in [0.2, 0.25) is 0 Å². The zero-order valence-corrected chi connectivity index (χ0v) is 10.3. The van der Waals surface area contributed by atoms with Gasteiger partial charge in [-0.2, -0.15) is 0 Å². The van der Waals surface area contributed by atoms with Gasteiger partial charge in [0.25, 0.3) is 0 Å². The smallest absolute Gasteiger partial charge is 0.0772 e. The van der Waals surface area contributed by atoms with E-state index in [2.05, 4.69) is 28.8 Å². The first kappa shape index (κ1) is 11.0. The Labute approximate surface area is 95.4 Å². The van der Waals surface area contributed by atoms with Crippen LogP contribution in [0.5, 0.6) is 0 Å². The van der Waals surface area contributed by atoms with Crippen LogP contribution in [0, 0.1) is 12.8 Å². The first-order valence-electron chi connectivity index (χ1n) is 5.85. The number of nitrogens with one attached hydrogen (secondary N) is 1. The van der Waals surface area contributed by atoms with Gasteiger partial charge in [-0.15, -0.1) is 5.10 Å². The zero-order chi connectivity index (χ0) is 10.7. The molecule has 84 valence electrons. The minimum atomic E-state index is 0.513. The molecule has 1 aliphatic carbocycles. The number of aryl methyl sites for hydroxylation is 1. The highest BCUT2D eigenvalue weighted by Crippen LogP contribution is 2.39. The van der Waals surface area contributed by atoms with Gasteiger partial charge in [-0.25, -0.2) is 0 Å². The highest BCUT2D eigenvalue weighted by Gasteiger charge is 2.30. The summed E-state index contributed by atoms with van der Waals surface area (Å²) < 4.78 is 4.04. The molecule has 0 aliphatic heterocycles. The van der Waals surface area contributed by atoms with E-state index in [0.29, 0.717) is 6.04 Å². The molecule has 2 rings (SSSR count). The Bertz CT molecular complexity index is 307. The van der Waals surface area contributed by atoms with Crippen molar-refractivity contribution in [1.29, 1.82) is 0 Å². The van der Waals surface area contributed by atoms with Crippen LogP contribution in [0.3, 0.4) is 0 Å². The SMILES string of the molecule is CCCNC(c1snnc1C)C1CCC1. The molecule has 3 nitrogen and oxygen atoms in total. The average Bonchev–Trinajstić information content (AvgIpc) is 2.55. The summed E-state index contributed by atoms with van der Waals surface area (Å²) in [5.74, 6) is 0.817. The van der Waals surface area contributed by atoms with Crippen molar-refractivity contribution in [3.63, 3.8) is 0 Å². The second-order valence-electron chi connectivity index (χ2n) is 4.35. The van der Waals surface area contributed by atoms with E-state index >= 15 is 0 Å². The van der Waals surface area contributed by atoms with Crippen LogP contribution >= 0.6 is 11.5 Å². The Kier molecular flexibility index (Phi) is 3.70. The second-order valence-corrected chi connectivity index (χ2v) is 5.13. The zero-order valence-electron chi connectivity index (χ0n) is 9.49. The lowest BCUT2D eigenvalue weighted by molar-refractivity contribution is 0.233. The lowest BCUT2D eigenvalue weighted by atomic mass is 9.79. The van der Waals surface area contributed by atoms with Gasteiger partial charge in [-0.05, 0) is 50.2 Å². The van der Waals surface area contributed by atoms with E-state index in [9.17, 15) is 0 Å². The Balaban J connectivity index is 2.07. The molecule has 0 radical (unpaired) electrons. The van der Waals surface area contributed by atoms with Crippen molar-refractivity contribution in [1.82, 2.24) is 14.9 Å². The third kappa shape index (κ3) is 2.37. The molecule has 1 atom stereocenters. The van der Waals surface area contributed by atoms with E-state index in [1.165, 1.54) is 30.6 Å². The molecule has 0 bridgehead atoms. The molecule has 1 heterocycles. The maximum Gasteiger partial charge on any atom is 0.0772 e. The minimum Gasteiger partial charge on any atom is -0.309 e. The lowest BCUT2D eigenvalue weighted by Crippen LogP contribution is -2.32. The van der Waals surface area contributed by atoms with E-state index in [-0.39, 0.29) is 0 Å². The highest BCUT2D eigenvalue weighted by molar-refractivity contribution is 7.05. The quantitative estimate of drug-likeness (QED) is 0.837. The normalized spacial score (nSPS) is 18.8. The molecule has 1 aromatic heterocycles. The van der Waals surface area contributed by atoms with Gasteiger partial charge < -0.3 is 5.32 Å². The van der Waals surface area contributed by atoms with Crippen LogP contribution in [0.15, 0.2) is 0 Å². The van der Waals surface area contributed by atoms with E-state index < -0.39 is 0 Å². The van der Waals surface area contributed by atoms with Crippen molar-refractivity contribution in [3.8, 4) is 0 Å². The molecule has 1 aromatic rings. The monoisotopic (exact) mass is 225 g/mol. The molecule has 0 aromatic carbocycles. The lowest BCUT2D eigenvalue weighted by Gasteiger charge is -2.33. The summed E-state index contributed by atoms with van der Waals surface area (Å²) >= 11 is 1.56. The van der Waals surface area contributed by atoms with Crippen molar-refractivity contribution in [2.45, 2.75) is 45.6 Å². The van der Waals surface area contributed by atoms with Gasteiger partial charge in [-0.3, -0.25) is 0 Å². The maximum atomic E-state index is 4.11. The topological polar surface area (TPSA) is 37.8 Å². The number of hydrogen-bond donors (Lipinski definition) is 1. The van der Waals surface area contributed by atoms with Crippen LogP contribution in [-0.2, 0) is 0 Å². The molecule has 4 heteroatoms. The molecular weight excluding hydrogens is 206 g/mol. The van der Waals surface area contributed by atoms with Crippen LogP contribution in [-0.4, -0.2) is 16.1 Å². The maximum absolute atomic E-state index is 4.11. The van der Waals surface area contributed by atoms with Crippen LogP contribution in [0.4, 0.5) is 0 Å². The van der Waals surface area contributed by atoms with Crippen LogP contribution < -0.4 is 5.32 Å². The number of aromatic nitrogens is 2. The first-order chi connectivity index (χ1) is 7.33. The van der Waals surface area contributed by atoms with Crippen LogP contribution in [0.2, 0.25) is 0 Å². The summed E-state index contributed by atoms with van der Waals surface area (Å²) in [6.07, 6.45) is 5.30. The summed E-state index contributed by atoms with van der Waals surface area (Å²) in [6.45, 7) is 5.37. The predicted molar refractivity (Wildman–Crippen MR) is 63.0 cm³/mol. The molecule has 15 heavy (non-hydrogen) atoms. The van der Waals surface area contributed by atoms with Crippen molar-refractivity contribution >= 4 is 11.5 Å². The molecule has 1 fully saturated rings. The molecule has 0 saturated heterocycles. The van der Waals surface area contributed by atoms with Gasteiger partial charge in [-0.1, -0.05) is 17.8 Å². The Morgan fingerprint density at radius 1 is 1.53 bits per heavy atom. The summed E-state index contributed by atoms with van der Waals surface area (Å²) in [4.78, 5) is 1.35. The standard InChI is InChI=1S/C11H19N3S/c1-3-7-12-10(9-5-4-6-9)11-8(2)13-14-15-11/h9-10,12H,3-7H2,1-2H3. The van der Waals surface area contributed by atoms with Crippen LogP contribution in [0.1, 0.15) is 49.2 Å². The molecule has 1 unspecified atom stereocenters. The highest BCUT2D eigenvalue weighted by atomic mass is 32.1. The van der Waals surface area contributed by atoms with E-state index in [4.69, 9.17) is 0 Å². The first-order valence-corrected chi connectivity index (χ1v) is 6.62. The van der Waals surface area contributed by atoms with Crippen molar-refractivity contribution in [2.24, 2.45) is 5.92 Å². The van der Waals surface area contributed by atoms with Gasteiger partial charge in [0.15, 0.2) is 0 Å². The summed E-state index contributed by atoms with van der Waals surface area (Å²) in [5.41, 5.74) is 1.11. The Morgan fingerprint density at radius 2 is 2.33 bits per heavy atom. The number of rotatable bonds is 5. The second kappa shape index (κ2) is 5.03. The van der Waals surface area contributed by atoms with Crippen molar-refractivity contribution < 1.29 is 0 Å². The molecule has 1 aliphatic rings. The number of hydrogen-bond acceptors (Lipinski definition) is 4. The molecule has 1 saturated carbocycles. The fraction of sp³-hybridized carbons (Fsp3) is 0.818. The number of nitrogens with zero attached hydrogens (tertiary/aromatic N) is 2. The van der Waals surface area contributed by atoms with Gasteiger partial charge in [0.05, 0.1) is 10.6 Å². The van der Waals surface area contributed by atoms with Gasteiger partial charge >= 0.3 is 0 Å². The molecule has 0 spiro atoms. The molecular formula is C11H19N3S. The summed E-state index contributed by atoms with van der Waals surface area (Å²) in [5, 5.41) is 7.76. The minimum absolute atomic E-state index is 0.513. The average molecular weight is 225 g/mol. The molecule has 1 N–H and O–H groups in total. The van der Waals surface area contributed by atoms with Gasteiger partial charge in [0.1, 0.15) is 0 Å². The van der Waals surface area contributed by atoms with E-state index in [1.54, 1.807) is 11.5 Å². The van der Waals surface area contributed by atoms with Crippen molar-refractivity contribution in [3.05, 3.63) is 10.6 Å². The van der Waals surface area contributed by atoms with Crippen molar-refractivity contribution in [2.75, 3.05) is 6.54 Å². The van der Waals surface area contributed by atoms with E-state index in [1.807, 2.05) is 0 Å². The predicted octanol–water partition coefficient (Wildman–Crippen LogP) is 2.69. The van der Waals surface area contributed by atoms with Crippen LogP contribution in [0.25, 0.3) is 0 Å².